The van der Waals surface area contributed by atoms with Gasteiger partial charge in [-0.25, -0.2) is 47.8 Å². The molecule has 0 saturated heterocycles. The average Bonchev–Trinajstić information content (AvgIpc) is 1.70. The predicted octanol–water partition coefficient (Wildman–Crippen LogP) is 30.3. The van der Waals surface area contributed by atoms with Gasteiger partial charge in [-0.05, 0) is 265 Å². The Bertz CT molecular complexity index is 9690. The zero-order valence-electron chi connectivity index (χ0n) is 90.8. The van der Waals surface area contributed by atoms with Crippen LogP contribution in [0, 0.1) is 104 Å². The molecule has 0 saturated carbocycles. The van der Waals surface area contributed by atoms with Gasteiger partial charge >= 0.3 is 0 Å². The third-order valence-electron chi connectivity index (χ3n) is 27.9. The predicted molar refractivity (Wildman–Crippen MR) is 589 cm³/mol. The topological polar surface area (TPSA) is 150 Å². The zero-order valence-corrected chi connectivity index (χ0v) is 84.8. The van der Waals surface area contributed by atoms with Crippen molar-refractivity contribution in [2.45, 2.75) is 104 Å². The van der Waals surface area contributed by atoms with Crippen molar-refractivity contribution in [2.75, 3.05) is 0 Å². The number of pyridine rings is 10. The summed E-state index contributed by atoms with van der Waals surface area (Å²) in [5.74, 6) is 0. The Morgan fingerprint density at radius 3 is 0.779 bits per heavy atom. The van der Waals surface area contributed by atoms with E-state index in [1.165, 1.54) is 66.8 Å². The summed E-state index contributed by atoms with van der Waals surface area (Å²) in [5, 5.41) is 9.91. The minimum Gasteiger partial charge on any atom is -0.437 e. The lowest BCUT2D eigenvalue weighted by molar-refractivity contribution is -0.660. The highest BCUT2D eigenvalue weighted by Gasteiger charge is 2.31. The summed E-state index contributed by atoms with van der Waals surface area (Å²) in [5.41, 5.74) is 43.0. The molecule has 0 unspecified atom stereocenters. The minimum absolute atomic E-state index is 0.292. The Labute approximate surface area is 852 Å². The average molecular weight is 1900 g/mol. The number of furan rings is 5. The Kier molecular flexibility index (Phi) is 23.1. The minimum atomic E-state index is -2.27. The lowest BCUT2D eigenvalue weighted by Crippen LogP contribution is -2.31. The first-order chi connectivity index (χ1) is 72.5. The Hall–Kier alpha value is -17.3. The number of rotatable bonds is 10. The molecule has 15 aromatic heterocycles. The molecule has 0 aliphatic heterocycles. The molecule has 0 bridgehead atoms. The summed E-state index contributed by atoms with van der Waals surface area (Å²) in [6.07, 6.45) is 10.2. The highest BCUT2D eigenvalue weighted by atomic mass is 16.4. The summed E-state index contributed by atoms with van der Waals surface area (Å²) in [4.78, 5) is 23.0. The fourth-order valence-electron chi connectivity index (χ4n) is 20.6. The van der Waals surface area contributed by atoms with Gasteiger partial charge in [-0.3, -0.25) is 0 Å². The molecule has 710 valence electrons. The number of benzene rings is 10. The summed E-state index contributed by atoms with van der Waals surface area (Å²) in [7, 11) is 10.1. The number of hydrogen-bond donors (Lipinski definition) is 0. The third kappa shape index (κ3) is 17.8. The largest absolute Gasteiger partial charge is 0.437 e. The van der Waals surface area contributed by atoms with Crippen LogP contribution in [-0.2, 0) is 35.2 Å². The van der Waals surface area contributed by atoms with Gasteiger partial charge in [-0.2, -0.15) is 0 Å². The number of fused-ring (bicyclic) bond motifs is 15. The first-order valence-corrected chi connectivity index (χ1v) is 48.9. The van der Waals surface area contributed by atoms with Crippen LogP contribution in [-0.4, -0.2) is 24.9 Å². The molecular weight excluding hydrogens is 1780 g/mol. The number of aryl methyl sites for hydroxylation is 20. The molecule has 0 fully saturated rings. The van der Waals surface area contributed by atoms with E-state index in [-0.39, 0.29) is 0 Å². The van der Waals surface area contributed by atoms with Crippen molar-refractivity contribution in [2.24, 2.45) is 35.2 Å². The summed E-state index contributed by atoms with van der Waals surface area (Å²) in [6.45, 7) is 22.2. The molecule has 0 N–H and O–H groups in total. The van der Waals surface area contributed by atoms with Crippen LogP contribution in [0.25, 0.3) is 222 Å². The van der Waals surface area contributed by atoms with E-state index in [0.717, 1.165) is 183 Å². The van der Waals surface area contributed by atoms with Crippen molar-refractivity contribution in [1.82, 2.24) is 24.9 Å². The molecule has 25 aromatic rings. The quantitative estimate of drug-likeness (QED) is 0.121. The van der Waals surface area contributed by atoms with Crippen molar-refractivity contribution in [3.05, 3.63) is 418 Å². The molecule has 0 atom stereocenters. The molecule has 25 rings (SSSR count). The van der Waals surface area contributed by atoms with Crippen molar-refractivity contribution in [1.29, 1.82) is 0 Å². The lowest BCUT2D eigenvalue weighted by Gasteiger charge is -2.11. The van der Waals surface area contributed by atoms with Gasteiger partial charge in [0.15, 0.2) is 58.9 Å². The van der Waals surface area contributed by atoms with Crippen LogP contribution < -0.4 is 22.8 Å². The zero-order chi connectivity index (χ0) is 106. The first kappa shape index (κ1) is 86.8. The monoisotopic (exact) mass is 1900 g/mol. The molecular formula is C130H115N10O5+5. The van der Waals surface area contributed by atoms with E-state index >= 15 is 0 Å². The SMILES string of the molecule is Cc1ccc2c(n1)oc1c(-c3cc(-c4ccccc4)c(C)c[n+]3C)c(C)cc(C)c12.Cc1ccc2c(n1)oc1c(-c3cc(-c4ccccc4)cc[n+]3C)c(C)cc(C)c12.Cc1ccc2c(n1)oc1c(-c3cc(-c4ccccc4)cc[n+]3C)c(C)ccc12.[2H]C([2H])([2H])c1c[n+](C)c(-c2c(C)ccc3c2oc2nc(C)ccc23)cc1-c1ccccc1.[2H]C([2H])([2H])c1cc(C)c(-c2cc(-c3ccccc3)cc[n+]2C)c2oc3nc(C)ccc3c12. The maximum absolute atomic E-state index is 8.14. The van der Waals surface area contributed by atoms with E-state index in [9.17, 15) is 0 Å². The second-order valence-electron chi connectivity index (χ2n) is 38.3. The molecule has 15 heterocycles. The van der Waals surface area contributed by atoms with Crippen LogP contribution in [0.2, 0.25) is 0 Å². The summed E-state index contributed by atoms with van der Waals surface area (Å²) in [6, 6.07) is 104. The fourth-order valence-corrected chi connectivity index (χ4v) is 20.6. The molecule has 0 aliphatic carbocycles. The Morgan fingerprint density at radius 2 is 0.455 bits per heavy atom. The van der Waals surface area contributed by atoms with Crippen LogP contribution in [0.4, 0.5) is 0 Å². The number of nitrogens with zero attached hydrogens (tertiary/aromatic N) is 10. The van der Waals surface area contributed by atoms with E-state index in [1.807, 2.05) is 181 Å². The summed E-state index contributed by atoms with van der Waals surface area (Å²) >= 11 is 0. The molecule has 0 spiro atoms. The van der Waals surface area contributed by atoms with Gasteiger partial charge in [0.1, 0.15) is 35.2 Å². The molecule has 15 heteroatoms. The van der Waals surface area contributed by atoms with Gasteiger partial charge in [0.25, 0.3) is 0 Å². The molecule has 15 nitrogen and oxygen atoms in total. The van der Waals surface area contributed by atoms with E-state index in [1.54, 1.807) is 12.3 Å². The number of aromatic nitrogens is 10. The van der Waals surface area contributed by atoms with Crippen molar-refractivity contribution >= 4 is 110 Å². The van der Waals surface area contributed by atoms with E-state index in [4.69, 9.17) is 30.3 Å². The van der Waals surface area contributed by atoms with E-state index in [0.29, 0.717) is 56.2 Å². The number of hydrogen-bond acceptors (Lipinski definition) is 10. The normalized spacial score (nSPS) is 12.2. The Balaban J connectivity index is 0.000000110. The molecule has 0 radical (unpaired) electrons. The molecule has 145 heavy (non-hydrogen) atoms. The maximum Gasteiger partial charge on any atom is 0.227 e. The van der Waals surface area contributed by atoms with Gasteiger partial charge in [-0.15, -0.1) is 0 Å². The van der Waals surface area contributed by atoms with Gasteiger partial charge in [-0.1, -0.05) is 194 Å². The van der Waals surface area contributed by atoms with Gasteiger partial charge in [0.2, 0.25) is 57.0 Å². The van der Waals surface area contributed by atoms with Gasteiger partial charge in [0.05, 0.1) is 27.8 Å². The van der Waals surface area contributed by atoms with Crippen LogP contribution in [0.15, 0.2) is 356 Å². The smallest absolute Gasteiger partial charge is 0.227 e. The molecule has 10 aromatic carbocycles. The lowest BCUT2D eigenvalue weighted by atomic mass is 9.94. The van der Waals surface area contributed by atoms with Crippen LogP contribution in [0.3, 0.4) is 0 Å². The third-order valence-corrected chi connectivity index (χ3v) is 27.9. The highest BCUT2D eigenvalue weighted by Crippen LogP contribution is 2.47. The van der Waals surface area contributed by atoms with Crippen molar-refractivity contribution < 1.29 is 53.1 Å². The van der Waals surface area contributed by atoms with Crippen molar-refractivity contribution in [3.63, 3.8) is 0 Å². The standard InChI is InChI=1S/C27H25N2O.3C26H23N2O.C25H21N2O/c1-16-13-17(2)25(26-24(16)21-12-11-19(4)28-27(21)30-26)23-14-22(18(3)15-29(23)5)20-9-7-6-8-10-20;1-16-10-12-20-21-13-11-18(3)27-26(21)29-25(20)24(16)23-14-22(17(2)15-28(23)4)19-8-6-5-7-9-19;2*1-16-14-17(2)24(25-23(16)21-11-10-18(3)27-26(21)29-25)22-15-20(12-13-28(22)4)19-8-6-5-7-9-19;1-16-9-11-20-21-12-10-17(2)26-25(21)28-24(20)23(16)22-15-19(13-14-27(22)3)18-7-5-4-6-8-18/h6-15H,1-5H3;3*5-15H,1-4H3;4-15H,1-3H3/q5*+1/i;2D3;1D3;;. The van der Waals surface area contributed by atoms with Gasteiger partial charge in [0, 0.05) is 150 Å². The van der Waals surface area contributed by atoms with Crippen molar-refractivity contribution in [3.8, 4) is 112 Å². The van der Waals surface area contributed by atoms with Crippen LogP contribution >= 0.6 is 0 Å². The van der Waals surface area contributed by atoms with Gasteiger partial charge < -0.3 is 22.1 Å². The first-order valence-electron chi connectivity index (χ1n) is 51.9. The van der Waals surface area contributed by atoms with Crippen LogP contribution in [0.5, 0.6) is 0 Å². The highest BCUT2D eigenvalue weighted by molar-refractivity contribution is 6.15. The maximum atomic E-state index is 8.14. The van der Waals surface area contributed by atoms with Crippen LogP contribution in [0.1, 0.15) is 92.3 Å². The van der Waals surface area contributed by atoms with E-state index < -0.39 is 13.7 Å². The Morgan fingerprint density at radius 1 is 0.200 bits per heavy atom. The molecule has 0 aliphatic rings. The molecule has 0 amide bonds. The summed E-state index contributed by atoms with van der Waals surface area (Å²) < 4.78 is 90.7. The second kappa shape index (κ2) is 38.6. The second-order valence-corrected chi connectivity index (χ2v) is 38.3. The van der Waals surface area contributed by atoms with E-state index in [2.05, 4.69) is 314 Å². The fraction of sp³-hybridized carbons (Fsp3) is 0.154.